The highest BCUT2D eigenvalue weighted by atomic mass is 32.1. The van der Waals surface area contributed by atoms with Crippen molar-refractivity contribution in [2.24, 2.45) is 0 Å². The van der Waals surface area contributed by atoms with Crippen LogP contribution in [0.1, 0.15) is 38.2 Å². The summed E-state index contributed by atoms with van der Waals surface area (Å²) in [5.41, 5.74) is 0.552. The van der Waals surface area contributed by atoms with Gasteiger partial charge in [0.15, 0.2) is 6.04 Å². The average Bonchev–Trinajstić information content (AvgIpc) is 2.69. The summed E-state index contributed by atoms with van der Waals surface area (Å²) >= 11 is 1.41. The summed E-state index contributed by atoms with van der Waals surface area (Å²) in [7, 11) is 0. The first-order valence-corrected chi connectivity index (χ1v) is 7.73. The summed E-state index contributed by atoms with van der Waals surface area (Å²) in [6.45, 7) is 4.13. The fraction of sp³-hybridized carbons (Fsp3) is 0.571. The van der Waals surface area contributed by atoms with Crippen LogP contribution in [0.2, 0.25) is 0 Å². The quantitative estimate of drug-likeness (QED) is 0.878. The number of hydrogen-bond acceptors (Lipinski definition) is 3. The number of carbonyl (C=O) groups excluding carboxylic acids is 1. The molecule has 102 valence electrons. The van der Waals surface area contributed by atoms with Crippen LogP contribution in [0, 0.1) is 11.3 Å². The maximum Gasteiger partial charge on any atom is 0.283 e. The van der Waals surface area contributed by atoms with Crippen LogP contribution < -0.4 is 10.2 Å². The molecule has 0 radical (unpaired) electrons. The van der Waals surface area contributed by atoms with Crippen LogP contribution in [0.3, 0.4) is 0 Å². The fourth-order valence-electron chi connectivity index (χ4n) is 2.52. The van der Waals surface area contributed by atoms with E-state index in [0.29, 0.717) is 10.6 Å². The maximum atomic E-state index is 12.3. The lowest BCUT2D eigenvalue weighted by molar-refractivity contribution is -0.913. The lowest BCUT2D eigenvalue weighted by Crippen LogP contribution is -3.16. The zero-order valence-corrected chi connectivity index (χ0v) is 12.1. The number of likely N-dealkylation sites (tertiary alicyclic amines) is 1. The number of quaternary nitrogens is 1. The van der Waals surface area contributed by atoms with Crippen LogP contribution in [0.25, 0.3) is 0 Å². The van der Waals surface area contributed by atoms with Gasteiger partial charge in [0.25, 0.3) is 5.91 Å². The van der Waals surface area contributed by atoms with Gasteiger partial charge in [-0.25, -0.2) is 0 Å². The first kappa shape index (κ1) is 14.0. The van der Waals surface area contributed by atoms with Crippen molar-refractivity contribution in [1.29, 1.82) is 5.26 Å². The second kappa shape index (κ2) is 6.69. The average molecular weight is 278 g/mol. The molecule has 2 heterocycles. The molecular formula is C14H20N3OS+. The van der Waals surface area contributed by atoms with Gasteiger partial charge in [-0.2, -0.15) is 5.26 Å². The van der Waals surface area contributed by atoms with Gasteiger partial charge in [-0.3, -0.25) is 4.79 Å². The molecule has 1 aromatic rings. The fourth-order valence-corrected chi connectivity index (χ4v) is 3.26. The Morgan fingerprint density at radius 3 is 2.74 bits per heavy atom. The second-order valence-electron chi connectivity index (χ2n) is 5.06. The molecule has 0 aliphatic carbocycles. The van der Waals surface area contributed by atoms with Crippen LogP contribution in [0.5, 0.6) is 0 Å². The van der Waals surface area contributed by atoms with E-state index in [0.717, 1.165) is 13.1 Å². The van der Waals surface area contributed by atoms with Gasteiger partial charge in [0.2, 0.25) is 0 Å². The van der Waals surface area contributed by atoms with Gasteiger partial charge < -0.3 is 10.2 Å². The topological polar surface area (TPSA) is 57.3 Å². The lowest BCUT2D eigenvalue weighted by Gasteiger charge is -2.23. The molecule has 1 atom stereocenters. The predicted octanol–water partition coefficient (Wildman–Crippen LogP) is 1.41. The van der Waals surface area contributed by atoms with Crippen molar-refractivity contribution in [3.8, 4) is 6.07 Å². The van der Waals surface area contributed by atoms with Gasteiger partial charge in [-0.05, 0) is 44.1 Å². The van der Waals surface area contributed by atoms with Crippen molar-refractivity contribution in [3.63, 3.8) is 0 Å². The predicted molar refractivity (Wildman–Crippen MR) is 76.3 cm³/mol. The van der Waals surface area contributed by atoms with Gasteiger partial charge in [0.05, 0.1) is 18.7 Å². The maximum absolute atomic E-state index is 12.3. The SMILES string of the molecule is C[C@@H](C(=O)Nc1sccc1C#N)[NH+]1CCCCCC1. The Labute approximate surface area is 118 Å². The van der Waals surface area contributed by atoms with Crippen LogP contribution >= 0.6 is 11.3 Å². The highest BCUT2D eigenvalue weighted by Gasteiger charge is 2.26. The van der Waals surface area contributed by atoms with E-state index < -0.39 is 0 Å². The third kappa shape index (κ3) is 3.55. The molecule has 2 rings (SSSR count). The highest BCUT2D eigenvalue weighted by Crippen LogP contribution is 2.22. The Balaban J connectivity index is 1.97. The Bertz CT molecular complexity index is 469. The van der Waals surface area contributed by atoms with Gasteiger partial charge in [-0.15, -0.1) is 11.3 Å². The van der Waals surface area contributed by atoms with E-state index >= 15 is 0 Å². The molecule has 0 unspecified atom stereocenters. The van der Waals surface area contributed by atoms with Gasteiger partial charge >= 0.3 is 0 Å². The summed E-state index contributed by atoms with van der Waals surface area (Å²) < 4.78 is 0. The molecule has 1 saturated heterocycles. The molecule has 0 spiro atoms. The number of nitrogens with one attached hydrogen (secondary N) is 2. The van der Waals surface area contributed by atoms with E-state index in [9.17, 15) is 4.79 Å². The molecule has 1 aliphatic heterocycles. The van der Waals surface area contributed by atoms with Crippen LogP contribution in [0.15, 0.2) is 11.4 Å². The monoisotopic (exact) mass is 278 g/mol. The summed E-state index contributed by atoms with van der Waals surface area (Å²) in [6.07, 6.45) is 4.97. The van der Waals surface area contributed by atoms with Gasteiger partial charge in [0, 0.05) is 0 Å². The number of carbonyl (C=O) groups is 1. The first-order valence-electron chi connectivity index (χ1n) is 6.85. The van der Waals surface area contributed by atoms with E-state index in [-0.39, 0.29) is 11.9 Å². The molecule has 4 nitrogen and oxygen atoms in total. The lowest BCUT2D eigenvalue weighted by atomic mass is 10.2. The molecule has 0 aromatic carbocycles. The molecule has 0 saturated carbocycles. The molecule has 0 bridgehead atoms. The number of rotatable bonds is 3. The van der Waals surface area contributed by atoms with Gasteiger partial charge in [0.1, 0.15) is 11.1 Å². The smallest absolute Gasteiger partial charge is 0.283 e. The third-order valence-electron chi connectivity index (χ3n) is 3.77. The largest absolute Gasteiger partial charge is 0.325 e. The zero-order valence-electron chi connectivity index (χ0n) is 11.2. The summed E-state index contributed by atoms with van der Waals surface area (Å²) in [4.78, 5) is 13.6. The van der Waals surface area contributed by atoms with Crippen LogP contribution in [0.4, 0.5) is 5.00 Å². The van der Waals surface area contributed by atoms with E-state index in [1.807, 2.05) is 12.3 Å². The molecule has 5 heteroatoms. The van der Waals surface area contributed by atoms with Crippen molar-refractivity contribution < 1.29 is 9.69 Å². The molecule has 19 heavy (non-hydrogen) atoms. The number of hydrogen-bond donors (Lipinski definition) is 2. The van der Waals surface area contributed by atoms with Crippen LogP contribution in [-0.2, 0) is 4.79 Å². The standard InChI is InChI=1S/C14H19N3OS/c1-11(17-7-4-2-3-5-8-17)13(18)16-14-12(10-15)6-9-19-14/h6,9,11H,2-5,7-8H2,1H3,(H,16,18)/p+1/t11-/m0/s1. The summed E-state index contributed by atoms with van der Waals surface area (Å²) in [6, 6.07) is 3.79. The Kier molecular flexibility index (Phi) is 4.94. The minimum Gasteiger partial charge on any atom is -0.325 e. The third-order valence-corrected chi connectivity index (χ3v) is 4.60. The molecule has 1 aliphatic rings. The van der Waals surface area contributed by atoms with Crippen LogP contribution in [-0.4, -0.2) is 25.0 Å². The summed E-state index contributed by atoms with van der Waals surface area (Å²) in [5, 5.41) is 14.3. The van der Waals surface area contributed by atoms with E-state index in [2.05, 4.69) is 11.4 Å². The van der Waals surface area contributed by atoms with E-state index in [4.69, 9.17) is 5.26 Å². The summed E-state index contributed by atoms with van der Waals surface area (Å²) in [5.74, 6) is 0.0239. The molecular weight excluding hydrogens is 258 g/mol. The number of anilines is 1. The highest BCUT2D eigenvalue weighted by molar-refractivity contribution is 7.14. The van der Waals surface area contributed by atoms with E-state index in [1.165, 1.54) is 41.9 Å². The number of nitrogens with zero attached hydrogens (tertiary/aromatic N) is 1. The first-order chi connectivity index (χ1) is 9.22. The Hall–Kier alpha value is -1.38. The van der Waals surface area contributed by atoms with Gasteiger partial charge in [-0.1, -0.05) is 0 Å². The zero-order chi connectivity index (χ0) is 13.7. The van der Waals surface area contributed by atoms with Crippen molar-refractivity contribution in [3.05, 3.63) is 17.0 Å². The van der Waals surface area contributed by atoms with Crippen molar-refractivity contribution in [1.82, 2.24) is 0 Å². The molecule has 1 fully saturated rings. The number of amides is 1. The Morgan fingerprint density at radius 2 is 2.11 bits per heavy atom. The van der Waals surface area contributed by atoms with Crippen molar-refractivity contribution >= 4 is 22.2 Å². The number of nitriles is 1. The molecule has 1 amide bonds. The molecule has 1 aromatic heterocycles. The van der Waals surface area contributed by atoms with E-state index in [1.54, 1.807) is 6.07 Å². The number of thiophene rings is 1. The second-order valence-corrected chi connectivity index (χ2v) is 5.97. The minimum atomic E-state index is -0.0493. The Morgan fingerprint density at radius 1 is 1.42 bits per heavy atom. The van der Waals surface area contributed by atoms with Crippen molar-refractivity contribution in [2.45, 2.75) is 38.6 Å². The van der Waals surface area contributed by atoms with Crippen molar-refractivity contribution in [2.75, 3.05) is 18.4 Å². The normalized spacial score (nSPS) is 18.3. The molecule has 2 N–H and O–H groups in total. The minimum absolute atomic E-state index is 0.0239.